The summed E-state index contributed by atoms with van der Waals surface area (Å²) in [5.41, 5.74) is 0.634. The third-order valence-electron chi connectivity index (χ3n) is 3.70. The number of aliphatic hydroxyl groups excluding tert-OH is 1. The van der Waals surface area contributed by atoms with Crippen LogP contribution >= 0.6 is 0 Å². The van der Waals surface area contributed by atoms with E-state index in [1.807, 2.05) is 0 Å². The van der Waals surface area contributed by atoms with E-state index in [-0.39, 0.29) is 25.1 Å². The second-order valence-corrected chi connectivity index (χ2v) is 5.82. The fraction of sp³-hybridized carbons (Fsp3) is 0.600. The van der Waals surface area contributed by atoms with Gasteiger partial charge in [-0.1, -0.05) is 0 Å². The van der Waals surface area contributed by atoms with Crippen molar-refractivity contribution in [1.29, 1.82) is 0 Å². The predicted molar refractivity (Wildman–Crippen MR) is 72.2 cm³/mol. The van der Waals surface area contributed by atoms with Crippen LogP contribution in [0.4, 0.5) is 0 Å². The van der Waals surface area contributed by atoms with Crippen molar-refractivity contribution >= 4 is 0 Å². The van der Waals surface area contributed by atoms with E-state index in [1.165, 1.54) is 0 Å². The van der Waals surface area contributed by atoms with E-state index in [1.54, 1.807) is 12.1 Å². The summed E-state index contributed by atoms with van der Waals surface area (Å²) in [5.74, 6) is 1.94. The molecule has 0 aliphatic carbocycles. The van der Waals surface area contributed by atoms with Gasteiger partial charge in [0.05, 0.1) is 18.3 Å². The van der Waals surface area contributed by atoms with Crippen molar-refractivity contribution in [2.24, 2.45) is 0 Å². The Morgan fingerprint density at radius 3 is 2.70 bits per heavy atom. The Balaban J connectivity index is 1.68. The molecule has 5 nitrogen and oxygen atoms in total. The van der Waals surface area contributed by atoms with Gasteiger partial charge in [0.2, 0.25) is 6.79 Å². The maximum absolute atomic E-state index is 9.42. The summed E-state index contributed by atoms with van der Waals surface area (Å²) < 4.78 is 22.3. The van der Waals surface area contributed by atoms with Crippen LogP contribution in [0, 0.1) is 0 Å². The minimum atomic E-state index is -0.0943. The van der Waals surface area contributed by atoms with Crippen LogP contribution in [0.5, 0.6) is 17.2 Å². The smallest absolute Gasteiger partial charge is 0.231 e. The molecular weight excluding hydrogens is 260 g/mol. The highest BCUT2D eigenvalue weighted by Crippen LogP contribution is 2.38. The van der Waals surface area contributed by atoms with Crippen LogP contribution < -0.4 is 14.2 Å². The number of ether oxygens (including phenoxy) is 4. The van der Waals surface area contributed by atoms with Gasteiger partial charge in [-0.25, -0.2) is 0 Å². The molecule has 1 atom stereocenters. The van der Waals surface area contributed by atoms with Crippen LogP contribution in [-0.4, -0.2) is 30.2 Å². The number of rotatable bonds is 4. The van der Waals surface area contributed by atoms with Crippen molar-refractivity contribution in [2.75, 3.05) is 13.4 Å². The monoisotopic (exact) mass is 280 g/mol. The normalized spacial score (nSPS) is 23.1. The van der Waals surface area contributed by atoms with Crippen molar-refractivity contribution in [3.8, 4) is 17.2 Å². The van der Waals surface area contributed by atoms with Crippen LogP contribution in [0.15, 0.2) is 12.1 Å². The Morgan fingerprint density at radius 2 is 2.05 bits per heavy atom. The summed E-state index contributed by atoms with van der Waals surface area (Å²) in [6.07, 6.45) is 2.13. The van der Waals surface area contributed by atoms with Crippen molar-refractivity contribution in [3.05, 3.63) is 17.7 Å². The van der Waals surface area contributed by atoms with Crippen LogP contribution in [0.25, 0.3) is 0 Å². The van der Waals surface area contributed by atoms with E-state index in [2.05, 4.69) is 13.8 Å². The van der Waals surface area contributed by atoms with Gasteiger partial charge in [0, 0.05) is 11.6 Å². The molecular formula is C15H20O5. The molecule has 3 rings (SSSR count). The zero-order valence-corrected chi connectivity index (χ0v) is 11.8. The van der Waals surface area contributed by atoms with Gasteiger partial charge >= 0.3 is 0 Å². The standard InChI is InChI=1S/C15H20O5/c1-15(2)4-3-11(20-15)8-17-12-6-14-13(18-9-19-14)5-10(12)7-16/h5-6,11,16H,3-4,7-9H2,1-2H3. The first-order valence-electron chi connectivity index (χ1n) is 6.91. The Hall–Kier alpha value is -1.46. The fourth-order valence-corrected chi connectivity index (χ4v) is 2.60. The second kappa shape index (κ2) is 5.14. The molecule has 1 saturated heterocycles. The van der Waals surface area contributed by atoms with Gasteiger partial charge in [0.15, 0.2) is 11.5 Å². The van der Waals surface area contributed by atoms with Gasteiger partial charge in [-0.15, -0.1) is 0 Å². The topological polar surface area (TPSA) is 57.2 Å². The van der Waals surface area contributed by atoms with Crippen LogP contribution in [0.2, 0.25) is 0 Å². The molecule has 0 radical (unpaired) electrons. The number of hydrogen-bond donors (Lipinski definition) is 1. The molecule has 5 heteroatoms. The van der Waals surface area contributed by atoms with Gasteiger partial charge in [0.1, 0.15) is 12.4 Å². The molecule has 0 aromatic heterocycles. The number of fused-ring (bicyclic) bond motifs is 1. The predicted octanol–water partition coefficient (Wildman–Crippen LogP) is 2.24. The summed E-state index contributed by atoms with van der Waals surface area (Å²) >= 11 is 0. The van der Waals surface area contributed by atoms with Gasteiger partial charge in [-0.05, 0) is 32.8 Å². The third kappa shape index (κ3) is 2.69. The highest BCUT2D eigenvalue weighted by Gasteiger charge is 2.32. The Kier molecular flexibility index (Phi) is 3.48. The zero-order valence-electron chi connectivity index (χ0n) is 11.8. The Morgan fingerprint density at radius 1 is 1.30 bits per heavy atom. The van der Waals surface area contributed by atoms with E-state index in [4.69, 9.17) is 18.9 Å². The first-order valence-corrected chi connectivity index (χ1v) is 6.91. The molecule has 2 aliphatic heterocycles. The highest BCUT2D eigenvalue weighted by molar-refractivity contribution is 5.51. The first-order chi connectivity index (χ1) is 9.57. The summed E-state index contributed by atoms with van der Waals surface area (Å²) in [5, 5.41) is 9.42. The molecule has 0 amide bonds. The van der Waals surface area contributed by atoms with E-state index < -0.39 is 0 Å². The highest BCUT2D eigenvalue weighted by atomic mass is 16.7. The van der Waals surface area contributed by atoms with Crippen molar-refractivity contribution in [1.82, 2.24) is 0 Å². The molecule has 0 bridgehead atoms. The van der Waals surface area contributed by atoms with Crippen molar-refractivity contribution in [2.45, 2.75) is 45.0 Å². The average molecular weight is 280 g/mol. The van der Waals surface area contributed by atoms with Crippen LogP contribution in [0.1, 0.15) is 32.3 Å². The third-order valence-corrected chi connectivity index (χ3v) is 3.70. The Labute approximate surface area is 118 Å². The summed E-state index contributed by atoms with van der Waals surface area (Å²) in [6, 6.07) is 3.53. The molecule has 2 heterocycles. The lowest BCUT2D eigenvalue weighted by atomic mass is 10.1. The molecule has 2 aliphatic rings. The summed E-state index contributed by atoms with van der Waals surface area (Å²) in [6.45, 7) is 4.78. The summed E-state index contributed by atoms with van der Waals surface area (Å²) in [7, 11) is 0. The zero-order chi connectivity index (χ0) is 14.2. The lowest BCUT2D eigenvalue weighted by Crippen LogP contribution is -2.24. The molecule has 110 valence electrons. The molecule has 1 unspecified atom stereocenters. The van der Waals surface area contributed by atoms with E-state index >= 15 is 0 Å². The Bertz CT molecular complexity index is 497. The van der Waals surface area contributed by atoms with Gasteiger partial charge < -0.3 is 24.1 Å². The molecule has 0 spiro atoms. The van der Waals surface area contributed by atoms with Gasteiger partial charge in [-0.2, -0.15) is 0 Å². The van der Waals surface area contributed by atoms with E-state index in [0.717, 1.165) is 12.8 Å². The molecule has 1 fully saturated rings. The molecule has 1 aromatic carbocycles. The van der Waals surface area contributed by atoms with Gasteiger partial charge in [0.25, 0.3) is 0 Å². The first kappa shape index (κ1) is 13.5. The lowest BCUT2D eigenvalue weighted by Gasteiger charge is -2.20. The van der Waals surface area contributed by atoms with Crippen LogP contribution in [0.3, 0.4) is 0 Å². The van der Waals surface area contributed by atoms with Crippen molar-refractivity contribution in [3.63, 3.8) is 0 Å². The largest absolute Gasteiger partial charge is 0.490 e. The number of hydrogen-bond acceptors (Lipinski definition) is 5. The maximum atomic E-state index is 9.42. The molecule has 0 saturated carbocycles. The average Bonchev–Trinajstić information content (AvgIpc) is 3.00. The van der Waals surface area contributed by atoms with E-state index in [9.17, 15) is 5.11 Å². The number of benzene rings is 1. The lowest BCUT2D eigenvalue weighted by molar-refractivity contribution is -0.0328. The minimum Gasteiger partial charge on any atom is -0.490 e. The summed E-state index contributed by atoms with van der Waals surface area (Å²) in [4.78, 5) is 0. The molecule has 20 heavy (non-hydrogen) atoms. The maximum Gasteiger partial charge on any atom is 0.231 e. The SMILES string of the molecule is CC1(C)CCC(COc2cc3c(cc2CO)OCO3)O1. The fourth-order valence-electron chi connectivity index (χ4n) is 2.60. The second-order valence-electron chi connectivity index (χ2n) is 5.82. The molecule has 1 aromatic rings. The van der Waals surface area contributed by atoms with Gasteiger partial charge in [-0.3, -0.25) is 0 Å². The number of aliphatic hydroxyl groups is 1. The molecule has 1 N–H and O–H groups in total. The van der Waals surface area contributed by atoms with Crippen LogP contribution in [-0.2, 0) is 11.3 Å². The minimum absolute atomic E-state index is 0.0667. The van der Waals surface area contributed by atoms with Crippen molar-refractivity contribution < 1.29 is 24.1 Å². The quantitative estimate of drug-likeness (QED) is 0.916. The van der Waals surface area contributed by atoms with E-state index in [0.29, 0.717) is 29.4 Å².